The number of aryl methyl sites for hydroxylation is 1. The highest BCUT2D eigenvalue weighted by Crippen LogP contribution is 2.45. The predicted molar refractivity (Wildman–Crippen MR) is 114 cm³/mol. The number of carbonyl (C=O) groups excluding carboxylic acids is 3. The van der Waals surface area contributed by atoms with Crippen LogP contribution in [0.5, 0.6) is 0 Å². The summed E-state index contributed by atoms with van der Waals surface area (Å²) in [5, 5.41) is 3.24. The highest BCUT2D eigenvalue weighted by atomic mass is 16.6. The van der Waals surface area contributed by atoms with Gasteiger partial charge in [-0.15, -0.1) is 0 Å². The molecule has 3 atom stereocenters. The summed E-state index contributed by atoms with van der Waals surface area (Å²) in [7, 11) is 2.81. The van der Waals surface area contributed by atoms with Gasteiger partial charge in [0.1, 0.15) is 12.5 Å². The number of hydrogen-bond donors (Lipinski definition) is 1. The predicted octanol–water partition coefficient (Wildman–Crippen LogP) is 2.80. The Hall–Kier alpha value is -2.93. The quantitative estimate of drug-likeness (QED) is 0.424. The molecule has 1 aliphatic carbocycles. The summed E-state index contributed by atoms with van der Waals surface area (Å²) in [5.74, 6) is -3.12. The first kappa shape index (κ1) is 22.7. The Morgan fingerprint density at radius 2 is 1.77 bits per heavy atom. The molecule has 0 fully saturated rings. The van der Waals surface area contributed by atoms with Crippen LogP contribution in [0, 0.1) is 18.8 Å². The Morgan fingerprint density at radius 1 is 1.10 bits per heavy atom. The molecule has 1 aromatic rings. The molecule has 31 heavy (non-hydrogen) atoms. The van der Waals surface area contributed by atoms with E-state index in [-0.39, 0.29) is 24.9 Å². The van der Waals surface area contributed by atoms with E-state index < -0.39 is 23.8 Å². The van der Waals surface area contributed by atoms with E-state index in [9.17, 15) is 14.4 Å². The van der Waals surface area contributed by atoms with Gasteiger partial charge in [-0.2, -0.15) is 0 Å². The maximum Gasteiger partial charge on any atom is 0.336 e. The third-order valence-corrected chi connectivity index (χ3v) is 5.89. The standard InChI is InChI=1S/C24H29NO6/c1-13-6-8-16(9-7-13)20-19(24(28)31-11-10-29-4)15(3)25-17-12-14(2)18(23(27)30-5)22(26)21(17)20/h6-9,14,18,20,25H,10-12H2,1-5H3/t14-,18+,20+/m1/s1. The molecule has 2 aliphatic rings. The number of allylic oxidation sites excluding steroid dienone is 3. The molecular weight excluding hydrogens is 398 g/mol. The third-order valence-electron chi connectivity index (χ3n) is 5.89. The number of dihydropyridines is 1. The Balaban J connectivity index is 2.11. The van der Waals surface area contributed by atoms with Crippen molar-refractivity contribution in [3.8, 4) is 0 Å². The molecule has 0 amide bonds. The average Bonchev–Trinajstić information content (AvgIpc) is 2.73. The third kappa shape index (κ3) is 4.42. The van der Waals surface area contributed by atoms with Gasteiger partial charge in [-0.05, 0) is 31.7 Å². The number of esters is 2. The molecular formula is C24H29NO6. The lowest BCUT2D eigenvalue weighted by molar-refractivity contribution is -0.151. The minimum Gasteiger partial charge on any atom is -0.468 e. The van der Waals surface area contributed by atoms with Gasteiger partial charge in [0.25, 0.3) is 0 Å². The van der Waals surface area contributed by atoms with E-state index in [0.29, 0.717) is 23.3 Å². The van der Waals surface area contributed by atoms with Crippen LogP contribution < -0.4 is 5.32 Å². The number of ether oxygens (including phenoxy) is 3. The molecule has 7 nitrogen and oxygen atoms in total. The van der Waals surface area contributed by atoms with Gasteiger partial charge in [-0.1, -0.05) is 36.8 Å². The summed E-state index contributed by atoms with van der Waals surface area (Å²) in [4.78, 5) is 39.0. The average molecular weight is 427 g/mol. The maximum atomic E-state index is 13.6. The van der Waals surface area contributed by atoms with Crippen LogP contribution in [-0.4, -0.2) is 45.2 Å². The molecule has 0 radical (unpaired) electrons. The van der Waals surface area contributed by atoms with E-state index in [4.69, 9.17) is 14.2 Å². The summed E-state index contributed by atoms with van der Waals surface area (Å²) in [6.07, 6.45) is 0.506. The number of ketones is 1. The summed E-state index contributed by atoms with van der Waals surface area (Å²) in [6.45, 7) is 6.02. The van der Waals surface area contributed by atoms with Crippen molar-refractivity contribution in [2.75, 3.05) is 27.4 Å². The Bertz CT molecular complexity index is 943. The molecule has 1 heterocycles. The number of hydrogen-bond acceptors (Lipinski definition) is 7. The molecule has 1 aliphatic heterocycles. The SMILES string of the molecule is COCCOC(=O)C1=C(C)NC2=C(C(=O)[C@@H](C(=O)OC)[C@H](C)C2)[C@H]1c1ccc(C)cc1. The van der Waals surface area contributed by atoms with Gasteiger partial charge in [0.05, 0.1) is 19.3 Å². The van der Waals surface area contributed by atoms with Crippen LogP contribution in [-0.2, 0) is 28.6 Å². The van der Waals surface area contributed by atoms with Crippen molar-refractivity contribution < 1.29 is 28.6 Å². The van der Waals surface area contributed by atoms with Crippen LogP contribution in [0.2, 0.25) is 0 Å². The number of nitrogens with one attached hydrogen (secondary N) is 1. The van der Waals surface area contributed by atoms with Crippen molar-refractivity contribution in [1.29, 1.82) is 0 Å². The number of Topliss-reactive ketones (excluding diaryl/α,β-unsaturated/α-hetero) is 1. The molecule has 3 rings (SSSR count). The summed E-state index contributed by atoms with van der Waals surface area (Å²) in [6, 6.07) is 7.69. The fourth-order valence-electron chi connectivity index (χ4n) is 4.34. The number of methoxy groups -OCH3 is 2. The number of rotatable bonds is 6. The topological polar surface area (TPSA) is 90.9 Å². The second kappa shape index (κ2) is 9.47. The molecule has 1 N–H and O–H groups in total. The van der Waals surface area contributed by atoms with Crippen molar-refractivity contribution in [3.05, 3.63) is 57.9 Å². The Labute approximate surface area is 182 Å². The highest BCUT2D eigenvalue weighted by molar-refractivity contribution is 6.12. The van der Waals surface area contributed by atoms with E-state index in [1.807, 2.05) is 38.1 Å². The van der Waals surface area contributed by atoms with E-state index in [0.717, 1.165) is 16.8 Å². The number of benzene rings is 1. The minimum absolute atomic E-state index is 0.106. The molecule has 0 aromatic heterocycles. The smallest absolute Gasteiger partial charge is 0.336 e. The van der Waals surface area contributed by atoms with Gasteiger partial charge in [-0.3, -0.25) is 9.59 Å². The fourth-order valence-corrected chi connectivity index (χ4v) is 4.34. The van der Waals surface area contributed by atoms with Gasteiger partial charge < -0.3 is 19.5 Å². The zero-order chi connectivity index (χ0) is 22.7. The number of carbonyl (C=O) groups is 3. The normalized spacial score (nSPS) is 23.3. The lowest BCUT2D eigenvalue weighted by atomic mass is 9.69. The first-order chi connectivity index (χ1) is 14.8. The van der Waals surface area contributed by atoms with Crippen LogP contribution in [0.1, 0.15) is 37.3 Å². The van der Waals surface area contributed by atoms with Gasteiger partial charge in [0.15, 0.2) is 5.78 Å². The molecule has 7 heteroatoms. The van der Waals surface area contributed by atoms with Gasteiger partial charge in [0, 0.05) is 30.0 Å². The first-order valence-electron chi connectivity index (χ1n) is 10.4. The van der Waals surface area contributed by atoms with Gasteiger partial charge >= 0.3 is 11.9 Å². The van der Waals surface area contributed by atoms with Crippen LogP contribution in [0.25, 0.3) is 0 Å². The van der Waals surface area contributed by atoms with Gasteiger partial charge in [-0.25, -0.2) is 4.79 Å². The van der Waals surface area contributed by atoms with E-state index in [1.54, 1.807) is 6.92 Å². The molecule has 0 spiro atoms. The minimum atomic E-state index is -0.900. The molecule has 0 saturated heterocycles. The van der Waals surface area contributed by atoms with Crippen LogP contribution in [0.3, 0.4) is 0 Å². The fraction of sp³-hybridized carbons (Fsp3) is 0.458. The summed E-state index contributed by atoms with van der Waals surface area (Å²) < 4.78 is 15.3. The molecule has 166 valence electrons. The van der Waals surface area contributed by atoms with Crippen LogP contribution >= 0.6 is 0 Å². The maximum absolute atomic E-state index is 13.6. The highest BCUT2D eigenvalue weighted by Gasteiger charge is 2.47. The largest absolute Gasteiger partial charge is 0.468 e. The second-order valence-corrected chi connectivity index (χ2v) is 8.07. The Kier molecular flexibility index (Phi) is 6.95. The van der Waals surface area contributed by atoms with E-state index >= 15 is 0 Å². The monoisotopic (exact) mass is 427 g/mol. The summed E-state index contributed by atoms with van der Waals surface area (Å²) >= 11 is 0. The molecule has 1 aromatic carbocycles. The Morgan fingerprint density at radius 3 is 2.39 bits per heavy atom. The van der Waals surface area contributed by atoms with Crippen LogP contribution in [0.4, 0.5) is 0 Å². The lowest BCUT2D eigenvalue weighted by Crippen LogP contribution is -2.43. The lowest BCUT2D eigenvalue weighted by Gasteiger charge is -2.38. The van der Waals surface area contributed by atoms with Crippen LogP contribution in [0.15, 0.2) is 46.8 Å². The van der Waals surface area contributed by atoms with Gasteiger partial charge in [0.2, 0.25) is 0 Å². The zero-order valence-corrected chi connectivity index (χ0v) is 18.6. The van der Waals surface area contributed by atoms with E-state index in [2.05, 4.69) is 5.32 Å². The summed E-state index contributed by atoms with van der Waals surface area (Å²) in [5.41, 5.74) is 4.04. The molecule has 0 unspecified atom stereocenters. The van der Waals surface area contributed by atoms with Crippen molar-refractivity contribution in [2.45, 2.75) is 33.1 Å². The van der Waals surface area contributed by atoms with Crippen molar-refractivity contribution in [2.24, 2.45) is 11.8 Å². The zero-order valence-electron chi connectivity index (χ0n) is 18.6. The van der Waals surface area contributed by atoms with Crippen molar-refractivity contribution >= 4 is 17.7 Å². The van der Waals surface area contributed by atoms with Crippen molar-refractivity contribution in [3.63, 3.8) is 0 Å². The van der Waals surface area contributed by atoms with E-state index in [1.165, 1.54) is 14.2 Å². The first-order valence-corrected chi connectivity index (χ1v) is 10.4. The molecule has 0 saturated carbocycles. The molecule has 0 bridgehead atoms. The second-order valence-electron chi connectivity index (χ2n) is 8.07. The van der Waals surface area contributed by atoms with Crippen molar-refractivity contribution in [1.82, 2.24) is 5.32 Å².